The van der Waals surface area contributed by atoms with E-state index in [0.29, 0.717) is 47.4 Å². The average Bonchev–Trinajstić information content (AvgIpc) is 3.44. The number of furan rings is 1. The summed E-state index contributed by atoms with van der Waals surface area (Å²) in [6.07, 6.45) is 1.60. The summed E-state index contributed by atoms with van der Waals surface area (Å²) < 4.78 is 12.3. The van der Waals surface area contributed by atoms with Crippen molar-refractivity contribution in [3.05, 3.63) is 66.1 Å². The molecular weight excluding hydrogens is 444 g/mol. The first-order valence-electron chi connectivity index (χ1n) is 10.2. The van der Waals surface area contributed by atoms with Gasteiger partial charge in [0.1, 0.15) is 23.8 Å². The van der Waals surface area contributed by atoms with Gasteiger partial charge in [-0.05, 0) is 31.2 Å². The molecule has 0 unspecified atom stereocenters. The third kappa shape index (κ3) is 6.07. The first-order valence-corrected chi connectivity index (χ1v) is 11.1. The van der Waals surface area contributed by atoms with Crippen molar-refractivity contribution in [1.82, 2.24) is 29.7 Å². The molecule has 0 aliphatic carbocycles. The van der Waals surface area contributed by atoms with Gasteiger partial charge < -0.3 is 20.2 Å². The van der Waals surface area contributed by atoms with Crippen LogP contribution in [0, 0.1) is 0 Å². The number of carbonyl (C=O) groups excluding carboxylic acids is 1. The number of nitrogens with zero attached hydrogens (tertiary/aromatic N) is 6. The van der Waals surface area contributed by atoms with E-state index in [9.17, 15) is 4.79 Å². The topological polar surface area (TPSA) is 147 Å². The van der Waals surface area contributed by atoms with Crippen LogP contribution in [-0.2, 0) is 28.2 Å². The lowest BCUT2D eigenvalue weighted by Crippen LogP contribution is -2.14. The quantitative estimate of drug-likeness (QED) is 0.262. The number of benzene rings is 1. The SMILES string of the molecule is CCOC(=O)Cc1nnc(SCc2nc(N)nc(Nc3ccccc3)n2)n1Cc1ccco1. The highest BCUT2D eigenvalue weighted by molar-refractivity contribution is 7.98. The molecule has 0 saturated carbocycles. The van der Waals surface area contributed by atoms with Crippen LogP contribution >= 0.6 is 11.8 Å². The monoisotopic (exact) mass is 466 g/mol. The first-order chi connectivity index (χ1) is 16.1. The van der Waals surface area contributed by atoms with Crippen LogP contribution in [0.2, 0.25) is 0 Å². The van der Waals surface area contributed by atoms with Crippen LogP contribution in [0.15, 0.2) is 58.3 Å². The van der Waals surface area contributed by atoms with Gasteiger partial charge in [0, 0.05) is 5.69 Å². The van der Waals surface area contributed by atoms with Crippen molar-refractivity contribution in [2.75, 3.05) is 17.7 Å². The second-order valence-corrected chi connectivity index (χ2v) is 7.70. The predicted molar refractivity (Wildman–Crippen MR) is 122 cm³/mol. The van der Waals surface area contributed by atoms with Crippen molar-refractivity contribution in [1.29, 1.82) is 0 Å². The number of carbonyl (C=O) groups is 1. The summed E-state index contributed by atoms with van der Waals surface area (Å²) in [5.41, 5.74) is 6.72. The summed E-state index contributed by atoms with van der Waals surface area (Å²) in [7, 11) is 0. The summed E-state index contributed by atoms with van der Waals surface area (Å²) >= 11 is 1.37. The van der Waals surface area contributed by atoms with Crippen LogP contribution in [-0.4, -0.2) is 42.3 Å². The number of esters is 1. The van der Waals surface area contributed by atoms with E-state index in [1.165, 1.54) is 11.8 Å². The predicted octanol–water partition coefficient (Wildman–Crippen LogP) is 2.83. The molecule has 0 spiro atoms. The van der Waals surface area contributed by atoms with E-state index in [4.69, 9.17) is 14.9 Å². The Balaban J connectivity index is 1.51. The number of nitrogens with two attached hydrogens (primary N) is 1. The fraction of sp³-hybridized carbons (Fsp3) is 0.238. The van der Waals surface area contributed by atoms with Crippen LogP contribution < -0.4 is 11.1 Å². The zero-order valence-corrected chi connectivity index (χ0v) is 18.7. The van der Waals surface area contributed by atoms with Crippen LogP contribution in [0.25, 0.3) is 0 Å². The van der Waals surface area contributed by atoms with Crippen molar-refractivity contribution < 1.29 is 13.9 Å². The second kappa shape index (κ2) is 10.6. The van der Waals surface area contributed by atoms with Crippen LogP contribution in [0.1, 0.15) is 24.3 Å². The Bertz CT molecular complexity index is 1200. The molecule has 1 aromatic carbocycles. The van der Waals surface area contributed by atoms with E-state index in [1.54, 1.807) is 19.3 Å². The van der Waals surface area contributed by atoms with Gasteiger partial charge in [0.25, 0.3) is 0 Å². The van der Waals surface area contributed by atoms with Gasteiger partial charge in [-0.3, -0.25) is 9.36 Å². The Labute approximate surface area is 193 Å². The Kier molecular flexibility index (Phi) is 7.15. The number of nitrogen functional groups attached to an aromatic ring is 1. The number of anilines is 3. The number of nitrogens with one attached hydrogen (secondary N) is 1. The summed E-state index contributed by atoms with van der Waals surface area (Å²) in [5.74, 6) is 2.12. The van der Waals surface area contributed by atoms with E-state index in [1.807, 2.05) is 41.0 Å². The molecule has 33 heavy (non-hydrogen) atoms. The van der Waals surface area contributed by atoms with Crippen LogP contribution in [0.5, 0.6) is 0 Å². The fourth-order valence-electron chi connectivity index (χ4n) is 2.95. The highest BCUT2D eigenvalue weighted by atomic mass is 32.2. The van der Waals surface area contributed by atoms with Gasteiger partial charge in [-0.25, -0.2) is 0 Å². The molecule has 3 aromatic heterocycles. The lowest BCUT2D eigenvalue weighted by molar-refractivity contribution is -0.142. The molecule has 0 saturated heterocycles. The van der Waals surface area contributed by atoms with E-state index < -0.39 is 0 Å². The molecular formula is C21H22N8O3S. The second-order valence-electron chi connectivity index (χ2n) is 6.76. The number of para-hydroxylation sites is 1. The number of rotatable bonds is 10. The maximum atomic E-state index is 12.0. The van der Waals surface area contributed by atoms with Gasteiger partial charge in [-0.1, -0.05) is 30.0 Å². The van der Waals surface area contributed by atoms with E-state index in [-0.39, 0.29) is 18.3 Å². The van der Waals surface area contributed by atoms with Crippen molar-refractivity contribution in [2.45, 2.75) is 30.8 Å². The van der Waals surface area contributed by atoms with Gasteiger partial charge in [0.2, 0.25) is 11.9 Å². The van der Waals surface area contributed by atoms with Crippen molar-refractivity contribution in [2.24, 2.45) is 0 Å². The van der Waals surface area contributed by atoms with Gasteiger partial charge in [-0.15, -0.1) is 10.2 Å². The zero-order chi connectivity index (χ0) is 23.0. The van der Waals surface area contributed by atoms with E-state index in [0.717, 1.165) is 5.69 Å². The molecule has 170 valence electrons. The number of ether oxygens (including phenoxy) is 1. The molecule has 0 bridgehead atoms. The minimum Gasteiger partial charge on any atom is -0.467 e. The van der Waals surface area contributed by atoms with Gasteiger partial charge >= 0.3 is 5.97 Å². The maximum absolute atomic E-state index is 12.0. The first kappa shape index (κ1) is 22.3. The number of hydrogen-bond acceptors (Lipinski definition) is 11. The molecule has 0 aliphatic rings. The van der Waals surface area contributed by atoms with E-state index >= 15 is 0 Å². The summed E-state index contributed by atoms with van der Waals surface area (Å²) in [5, 5.41) is 12.1. The van der Waals surface area contributed by atoms with Gasteiger partial charge in [0.15, 0.2) is 5.16 Å². The van der Waals surface area contributed by atoms with Crippen molar-refractivity contribution in [3.63, 3.8) is 0 Å². The largest absolute Gasteiger partial charge is 0.467 e. The molecule has 4 rings (SSSR count). The lowest BCUT2D eigenvalue weighted by atomic mass is 10.3. The Morgan fingerprint density at radius 1 is 1.15 bits per heavy atom. The Hall–Kier alpha value is -3.93. The standard InChI is InChI=1S/C21H22N8O3S/c1-2-31-18(30)11-17-27-28-21(29(17)12-15-9-6-10-32-15)33-13-16-24-19(22)26-20(25-16)23-14-7-4-3-5-8-14/h3-10H,2,11-13H2,1H3,(H3,22,23,24,25,26). The average molecular weight is 467 g/mol. The maximum Gasteiger partial charge on any atom is 0.313 e. The molecule has 0 radical (unpaired) electrons. The molecule has 4 aromatic rings. The lowest BCUT2D eigenvalue weighted by Gasteiger charge is -2.09. The summed E-state index contributed by atoms with van der Waals surface area (Å²) in [6, 6.07) is 13.2. The molecule has 0 amide bonds. The highest BCUT2D eigenvalue weighted by Crippen LogP contribution is 2.23. The van der Waals surface area contributed by atoms with E-state index in [2.05, 4.69) is 30.5 Å². The van der Waals surface area contributed by atoms with Crippen molar-refractivity contribution in [3.8, 4) is 0 Å². The molecule has 3 heterocycles. The minimum absolute atomic E-state index is 0.00591. The number of thioether (sulfide) groups is 1. The molecule has 12 heteroatoms. The zero-order valence-electron chi connectivity index (χ0n) is 17.8. The number of aromatic nitrogens is 6. The molecule has 0 aliphatic heterocycles. The Morgan fingerprint density at radius 2 is 2.00 bits per heavy atom. The molecule has 0 fully saturated rings. The third-order valence-electron chi connectivity index (χ3n) is 4.35. The fourth-order valence-corrected chi connectivity index (χ4v) is 3.76. The smallest absolute Gasteiger partial charge is 0.313 e. The molecule has 0 atom stereocenters. The summed E-state index contributed by atoms with van der Waals surface area (Å²) in [4.78, 5) is 24.8. The molecule has 3 N–H and O–H groups in total. The summed E-state index contributed by atoms with van der Waals surface area (Å²) in [6.45, 7) is 2.43. The highest BCUT2D eigenvalue weighted by Gasteiger charge is 2.18. The van der Waals surface area contributed by atoms with Crippen LogP contribution in [0.3, 0.4) is 0 Å². The van der Waals surface area contributed by atoms with Crippen molar-refractivity contribution >= 4 is 35.3 Å². The molecule has 11 nitrogen and oxygen atoms in total. The third-order valence-corrected chi connectivity index (χ3v) is 5.32. The normalized spacial score (nSPS) is 10.8. The Morgan fingerprint density at radius 3 is 2.76 bits per heavy atom. The van der Waals surface area contributed by atoms with Crippen LogP contribution in [0.4, 0.5) is 17.6 Å². The number of hydrogen-bond donors (Lipinski definition) is 2. The minimum atomic E-state index is -0.371. The van der Waals surface area contributed by atoms with Gasteiger partial charge in [-0.2, -0.15) is 15.0 Å². The van der Waals surface area contributed by atoms with Gasteiger partial charge in [0.05, 0.1) is 25.2 Å².